The number of benzene rings is 1. The lowest BCUT2D eigenvalue weighted by Gasteiger charge is -2.07. The highest BCUT2D eigenvalue weighted by atomic mass is 16.5. The van der Waals surface area contributed by atoms with Crippen molar-refractivity contribution in [3.63, 3.8) is 0 Å². The molecule has 0 aliphatic heterocycles. The van der Waals surface area contributed by atoms with Crippen LogP contribution >= 0.6 is 0 Å². The number of rotatable bonds is 9. The number of unbranched alkanes of at least 4 members (excludes halogenated alkanes) is 5. The first-order chi connectivity index (χ1) is 10.8. The van der Waals surface area contributed by atoms with Crippen molar-refractivity contribution in [2.24, 2.45) is 0 Å². The van der Waals surface area contributed by atoms with E-state index in [0.29, 0.717) is 18.3 Å². The van der Waals surface area contributed by atoms with Crippen molar-refractivity contribution in [2.45, 2.75) is 45.4 Å². The second kappa shape index (κ2) is 9.03. The predicted molar refractivity (Wildman–Crippen MR) is 88.0 cm³/mol. The van der Waals surface area contributed by atoms with Crippen LogP contribution in [-0.2, 0) is 0 Å². The number of phenols is 1. The van der Waals surface area contributed by atoms with Gasteiger partial charge in [-0.15, -0.1) is 0 Å². The maximum absolute atomic E-state index is 9.31. The highest BCUT2D eigenvalue weighted by Gasteiger charge is 2.03. The highest BCUT2D eigenvalue weighted by molar-refractivity contribution is 5.56. The minimum Gasteiger partial charge on any atom is -0.508 e. The summed E-state index contributed by atoms with van der Waals surface area (Å²) in [5.41, 5.74) is 0.864. The van der Waals surface area contributed by atoms with Gasteiger partial charge < -0.3 is 9.84 Å². The number of hydrogen-bond donors (Lipinski definition) is 1. The van der Waals surface area contributed by atoms with Crippen molar-refractivity contribution < 1.29 is 9.84 Å². The third kappa shape index (κ3) is 5.35. The number of aromatic nitrogens is 2. The lowest BCUT2D eigenvalue weighted by atomic mass is 10.1. The lowest BCUT2D eigenvalue weighted by molar-refractivity contribution is 0.293. The summed E-state index contributed by atoms with van der Waals surface area (Å²) in [5, 5.41) is 9.31. The van der Waals surface area contributed by atoms with Crippen LogP contribution in [0.25, 0.3) is 11.4 Å². The molecule has 0 bridgehead atoms. The van der Waals surface area contributed by atoms with Crippen LogP contribution in [0, 0.1) is 0 Å². The van der Waals surface area contributed by atoms with E-state index in [1.807, 2.05) is 0 Å². The van der Waals surface area contributed by atoms with E-state index in [0.717, 1.165) is 12.0 Å². The molecule has 0 spiro atoms. The second-order valence-corrected chi connectivity index (χ2v) is 5.38. The van der Waals surface area contributed by atoms with Gasteiger partial charge in [-0.2, -0.15) is 4.98 Å². The molecule has 0 radical (unpaired) electrons. The Hall–Kier alpha value is -2.10. The standard InChI is InChI=1S/C18H24N2O2/c1-2-3-4-5-6-7-14-22-17-12-13-19-18(20-17)15-8-10-16(21)11-9-15/h8-13,21H,2-7,14H2,1H3. The van der Waals surface area contributed by atoms with Gasteiger partial charge in [0.25, 0.3) is 0 Å². The Labute approximate surface area is 132 Å². The van der Waals surface area contributed by atoms with E-state index < -0.39 is 0 Å². The molecule has 0 aliphatic carbocycles. The Bertz CT molecular complexity index is 555. The first-order valence-electron chi connectivity index (χ1n) is 8.05. The second-order valence-electron chi connectivity index (χ2n) is 5.38. The monoisotopic (exact) mass is 300 g/mol. The quantitative estimate of drug-likeness (QED) is 0.688. The van der Waals surface area contributed by atoms with Crippen LogP contribution in [0.1, 0.15) is 45.4 Å². The van der Waals surface area contributed by atoms with E-state index in [4.69, 9.17) is 4.74 Å². The Morgan fingerprint density at radius 3 is 2.45 bits per heavy atom. The molecule has 2 aromatic rings. The van der Waals surface area contributed by atoms with Gasteiger partial charge in [-0.1, -0.05) is 39.0 Å². The Kier molecular flexibility index (Phi) is 6.68. The van der Waals surface area contributed by atoms with Gasteiger partial charge in [-0.05, 0) is 30.7 Å². The molecule has 1 aromatic carbocycles. The van der Waals surface area contributed by atoms with E-state index >= 15 is 0 Å². The van der Waals surface area contributed by atoms with Gasteiger partial charge in [-0.3, -0.25) is 0 Å². The molecule has 0 amide bonds. The van der Waals surface area contributed by atoms with Crippen LogP contribution in [0.5, 0.6) is 11.6 Å². The maximum Gasteiger partial charge on any atom is 0.216 e. The molecule has 0 fully saturated rings. The summed E-state index contributed by atoms with van der Waals surface area (Å²) < 4.78 is 5.70. The van der Waals surface area contributed by atoms with Crippen molar-refractivity contribution in [1.29, 1.82) is 0 Å². The molecule has 0 atom stereocenters. The zero-order valence-corrected chi connectivity index (χ0v) is 13.2. The number of hydrogen-bond acceptors (Lipinski definition) is 4. The normalized spacial score (nSPS) is 10.6. The van der Waals surface area contributed by atoms with E-state index in [-0.39, 0.29) is 5.75 Å². The minimum absolute atomic E-state index is 0.235. The van der Waals surface area contributed by atoms with Crippen molar-refractivity contribution in [1.82, 2.24) is 9.97 Å². The van der Waals surface area contributed by atoms with Crippen LogP contribution in [0.3, 0.4) is 0 Å². The summed E-state index contributed by atoms with van der Waals surface area (Å²) >= 11 is 0. The fourth-order valence-corrected chi connectivity index (χ4v) is 2.23. The van der Waals surface area contributed by atoms with E-state index in [2.05, 4.69) is 16.9 Å². The topological polar surface area (TPSA) is 55.2 Å². The molecule has 1 N–H and O–H groups in total. The molecule has 0 unspecified atom stereocenters. The predicted octanol–water partition coefficient (Wildman–Crippen LogP) is 4.59. The summed E-state index contributed by atoms with van der Waals surface area (Å²) in [4.78, 5) is 8.65. The summed E-state index contributed by atoms with van der Waals surface area (Å²) in [6.45, 7) is 2.92. The van der Waals surface area contributed by atoms with Crippen LogP contribution in [0.4, 0.5) is 0 Å². The molecular formula is C18H24N2O2. The molecule has 1 aromatic heterocycles. The summed E-state index contributed by atoms with van der Waals surface area (Å²) in [7, 11) is 0. The van der Waals surface area contributed by atoms with Crippen molar-refractivity contribution in [2.75, 3.05) is 6.61 Å². The number of phenolic OH excluding ortho intramolecular Hbond substituents is 1. The third-order valence-electron chi connectivity index (χ3n) is 3.50. The summed E-state index contributed by atoms with van der Waals surface area (Å²) in [6, 6.07) is 8.62. The molecule has 4 nitrogen and oxygen atoms in total. The molecule has 22 heavy (non-hydrogen) atoms. The maximum atomic E-state index is 9.31. The van der Waals surface area contributed by atoms with E-state index in [9.17, 15) is 5.11 Å². The van der Waals surface area contributed by atoms with Crippen LogP contribution in [0.2, 0.25) is 0 Å². The van der Waals surface area contributed by atoms with Crippen LogP contribution < -0.4 is 4.74 Å². The Balaban J connectivity index is 1.80. The molecular weight excluding hydrogens is 276 g/mol. The smallest absolute Gasteiger partial charge is 0.216 e. The molecule has 4 heteroatoms. The molecule has 2 rings (SSSR count). The zero-order chi connectivity index (χ0) is 15.6. The SMILES string of the molecule is CCCCCCCCOc1ccnc(-c2ccc(O)cc2)n1. The molecule has 0 aliphatic rings. The zero-order valence-electron chi connectivity index (χ0n) is 13.2. The van der Waals surface area contributed by atoms with Gasteiger partial charge >= 0.3 is 0 Å². The average Bonchev–Trinajstić information content (AvgIpc) is 2.55. The van der Waals surface area contributed by atoms with Gasteiger partial charge in [0.2, 0.25) is 5.88 Å². The largest absolute Gasteiger partial charge is 0.508 e. The lowest BCUT2D eigenvalue weighted by Crippen LogP contribution is -2.00. The van der Waals surface area contributed by atoms with E-state index in [1.54, 1.807) is 36.5 Å². The van der Waals surface area contributed by atoms with Crippen molar-refractivity contribution in [3.05, 3.63) is 36.5 Å². The summed E-state index contributed by atoms with van der Waals surface area (Å²) in [6.07, 6.45) is 9.15. The summed E-state index contributed by atoms with van der Waals surface area (Å²) in [5.74, 6) is 1.45. The number of nitrogens with zero attached hydrogens (tertiary/aromatic N) is 2. The average molecular weight is 300 g/mol. The van der Waals surface area contributed by atoms with Crippen molar-refractivity contribution in [3.8, 4) is 23.0 Å². The number of aromatic hydroxyl groups is 1. The van der Waals surface area contributed by atoms with Crippen LogP contribution in [0.15, 0.2) is 36.5 Å². The van der Waals surface area contributed by atoms with Gasteiger partial charge in [0.1, 0.15) is 5.75 Å². The first-order valence-corrected chi connectivity index (χ1v) is 8.05. The first kappa shape index (κ1) is 16.3. The minimum atomic E-state index is 0.235. The molecule has 118 valence electrons. The fraction of sp³-hybridized carbons (Fsp3) is 0.444. The van der Waals surface area contributed by atoms with Gasteiger partial charge in [-0.25, -0.2) is 4.98 Å². The Morgan fingerprint density at radius 2 is 1.68 bits per heavy atom. The highest BCUT2D eigenvalue weighted by Crippen LogP contribution is 2.20. The molecule has 0 saturated heterocycles. The van der Waals surface area contributed by atoms with Gasteiger partial charge in [0, 0.05) is 17.8 Å². The van der Waals surface area contributed by atoms with Gasteiger partial charge in [0.15, 0.2) is 5.82 Å². The third-order valence-corrected chi connectivity index (χ3v) is 3.50. The fourth-order valence-electron chi connectivity index (χ4n) is 2.23. The Morgan fingerprint density at radius 1 is 0.955 bits per heavy atom. The molecule has 0 saturated carbocycles. The molecule has 1 heterocycles. The van der Waals surface area contributed by atoms with E-state index in [1.165, 1.54) is 32.1 Å². The van der Waals surface area contributed by atoms with Crippen LogP contribution in [-0.4, -0.2) is 21.7 Å². The van der Waals surface area contributed by atoms with Gasteiger partial charge in [0.05, 0.1) is 6.61 Å². The van der Waals surface area contributed by atoms with Crippen molar-refractivity contribution >= 4 is 0 Å². The number of ether oxygens (including phenoxy) is 1.